The third-order valence-electron chi connectivity index (χ3n) is 2.61. The van der Waals surface area contributed by atoms with Crippen molar-refractivity contribution in [3.05, 3.63) is 0 Å². The van der Waals surface area contributed by atoms with Gasteiger partial charge in [-0.05, 0) is 25.2 Å². The summed E-state index contributed by atoms with van der Waals surface area (Å²) in [6.07, 6.45) is 5.60. The highest BCUT2D eigenvalue weighted by molar-refractivity contribution is 8.77. The molecule has 1 N–H and O–H groups in total. The van der Waals surface area contributed by atoms with Crippen LogP contribution in [0.15, 0.2) is 0 Å². The maximum atomic E-state index is 11.4. The lowest BCUT2D eigenvalue weighted by molar-refractivity contribution is -0.121. The zero-order valence-electron chi connectivity index (χ0n) is 10.3. The Bertz CT molecular complexity index is 203. The summed E-state index contributed by atoms with van der Waals surface area (Å²) in [5.74, 6) is 2.09. The summed E-state index contributed by atoms with van der Waals surface area (Å²) in [6, 6.07) is 0. The number of rotatable bonds is 7. The number of nitrogens with one attached hydrogen (secondary N) is 1. The Balaban J connectivity index is 1.91. The van der Waals surface area contributed by atoms with Gasteiger partial charge in [-0.1, -0.05) is 41.9 Å². The van der Waals surface area contributed by atoms with Crippen molar-refractivity contribution in [2.24, 2.45) is 5.92 Å². The average molecular weight is 261 g/mol. The van der Waals surface area contributed by atoms with Crippen molar-refractivity contribution >= 4 is 27.5 Å². The number of unbranched alkanes of at least 4 members (excludes halogenated alkanes) is 1. The van der Waals surface area contributed by atoms with Gasteiger partial charge in [0.15, 0.2) is 0 Å². The number of hydrogen-bond donors (Lipinski definition) is 1. The van der Waals surface area contributed by atoms with Gasteiger partial charge in [-0.15, -0.1) is 0 Å². The highest BCUT2D eigenvalue weighted by Gasteiger charge is 2.15. The van der Waals surface area contributed by atoms with E-state index in [9.17, 15) is 4.79 Å². The Kier molecular flexibility index (Phi) is 7.37. The fourth-order valence-electron chi connectivity index (χ4n) is 1.63. The van der Waals surface area contributed by atoms with E-state index in [0.717, 1.165) is 18.2 Å². The molecular weight excluding hydrogens is 238 g/mol. The van der Waals surface area contributed by atoms with Crippen molar-refractivity contribution in [3.63, 3.8) is 0 Å². The van der Waals surface area contributed by atoms with E-state index in [1.54, 1.807) is 0 Å². The van der Waals surface area contributed by atoms with Crippen LogP contribution in [0.4, 0.5) is 0 Å². The Morgan fingerprint density at radius 3 is 2.88 bits per heavy atom. The molecule has 0 aromatic rings. The summed E-state index contributed by atoms with van der Waals surface area (Å²) in [5, 5.41) is 3.81. The minimum atomic E-state index is 0.224. The first kappa shape index (κ1) is 14.2. The molecule has 1 aliphatic rings. The third-order valence-corrected chi connectivity index (χ3v) is 5.62. The van der Waals surface area contributed by atoms with Gasteiger partial charge in [0.1, 0.15) is 0 Å². The average Bonchev–Trinajstić information content (AvgIpc) is 2.74. The van der Waals surface area contributed by atoms with Crippen LogP contribution in [0.1, 0.15) is 46.0 Å². The Morgan fingerprint density at radius 2 is 2.25 bits per heavy atom. The van der Waals surface area contributed by atoms with E-state index in [1.165, 1.54) is 25.0 Å². The third kappa shape index (κ3) is 6.69. The van der Waals surface area contributed by atoms with Gasteiger partial charge < -0.3 is 5.32 Å². The minimum Gasteiger partial charge on any atom is -0.356 e. The van der Waals surface area contributed by atoms with Crippen LogP contribution in [0.25, 0.3) is 0 Å². The minimum absolute atomic E-state index is 0.224. The predicted molar refractivity (Wildman–Crippen MR) is 74.8 cm³/mol. The Hall–Kier alpha value is 0.170. The SMILES string of the molecule is CC(C)CNC(=O)CCCC[C@H]1CCSS1. The number of amides is 1. The van der Waals surface area contributed by atoms with E-state index in [0.29, 0.717) is 12.3 Å². The van der Waals surface area contributed by atoms with Crippen molar-refractivity contribution < 1.29 is 4.79 Å². The van der Waals surface area contributed by atoms with Crippen LogP contribution in [0.3, 0.4) is 0 Å². The molecule has 1 atom stereocenters. The van der Waals surface area contributed by atoms with Crippen LogP contribution < -0.4 is 5.32 Å². The lowest BCUT2D eigenvalue weighted by Crippen LogP contribution is -2.26. The van der Waals surface area contributed by atoms with Crippen LogP contribution in [-0.4, -0.2) is 23.5 Å². The molecule has 1 heterocycles. The second-order valence-corrected chi connectivity index (χ2v) is 7.56. The fourth-order valence-corrected chi connectivity index (χ4v) is 4.66. The van der Waals surface area contributed by atoms with Crippen LogP contribution >= 0.6 is 21.6 Å². The molecule has 1 amide bonds. The van der Waals surface area contributed by atoms with Gasteiger partial charge in [0, 0.05) is 24.0 Å². The highest BCUT2D eigenvalue weighted by Crippen LogP contribution is 2.39. The topological polar surface area (TPSA) is 29.1 Å². The molecule has 0 unspecified atom stereocenters. The van der Waals surface area contributed by atoms with Crippen LogP contribution in [0.2, 0.25) is 0 Å². The molecule has 2 nitrogen and oxygen atoms in total. The van der Waals surface area contributed by atoms with Gasteiger partial charge in [0.05, 0.1) is 0 Å². The standard InChI is InChI=1S/C12H23NOS2/c1-10(2)9-13-12(14)6-4-3-5-11-7-8-15-16-11/h10-11H,3-9H2,1-2H3,(H,13,14)/t11-/m0/s1. The monoisotopic (exact) mass is 261 g/mol. The van der Waals surface area contributed by atoms with Gasteiger partial charge in [-0.25, -0.2) is 0 Å². The molecule has 1 rings (SSSR count). The van der Waals surface area contributed by atoms with Crippen LogP contribution in [0, 0.1) is 5.92 Å². The molecule has 0 saturated carbocycles. The molecule has 1 saturated heterocycles. The van der Waals surface area contributed by atoms with Crippen LogP contribution in [0.5, 0.6) is 0 Å². The normalized spacial score (nSPS) is 20.3. The number of carbonyl (C=O) groups is 1. The van der Waals surface area contributed by atoms with Crippen molar-refractivity contribution in [2.45, 2.75) is 51.2 Å². The van der Waals surface area contributed by atoms with E-state index < -0.39 is 0 Å². The lowest BCUT2D eigenvalue weighted by Gasteiger charge is -2.08. The first-order valence-corrected chi connectivity index (χ1v) is 8.61. The maximum absolute atomic E-state index is 11.4. The van der Waals surface area contributed by atoms with Gasteiger partial charge in [0.2, 0.25) is 5.91 Å². The molecule has 0 aromatic heterocycles. The maximum Gasteiger partial charge on any atom is 0.220 e. The molecule has 0 aliphatic carbocycles. The molecule has 0 bridgehead atoms. The zero-order valence-corrected chi connectivity index (χ0v) is 12.0. The second kappa shape index (κ2) is 8.29. The molecule has 94 valence electrons. The molecule has 1 fully saturated rings. The predicted octanol–water partition coefficient (Wildman–Crippen LogP) is 3.47. The first-order valence-electron chi connectivity index (χ1n) is 6.23. The van der Waals surface area contributed by atoms with E-state index in [1.807, 2.05) is 21.6 Å². The van der Waals surface area contributed by atoms with Crippen molar-refractivity contribution in [1.82, 2.24) is 5.32 Å². The van der Waals surface area contributed by atoms with E-state index >= 15 is 0 Å². The summed E-state index contributed by atoms with van der Waals surface area (Å²) in [4.78, 5) is 11.4. The second-order valence-electron chi connectivity index (χ2n) is 4.77. The Labute approximate surface area is 107 Å². The molecule has 1 aliphatic heterocycles. The summed E-state index contributed by atoms with van der Waals surface area (Å²) in [7, 11) is 4.03. The molecule has 0 radical (unpaired) electrons. The number of hydrogen-bond acceptors (Lipinski definition) is 3. The van der Waals surface area contributed by atoms with E-state index in [4.69, 9.17) is 0 Å². The van der Waals surface area contributed by atoms with Gasteiger partial charge in [-0.3, -0.25) is 4.79 Å². The van der Waals surface area contributed by atoms with Gasteiger partial charge in [0.25, 0.3) is 0 Å². The van der Waals surface area contributed by atoms with Gasteiger partial charge in [-0.2, -0.15) is 0 Å². The molecule has 0 aromatic carbocycles. The first-order chi connectivity index (χ1) is 7.68. The van der Waals surface area contributed by atoms with Crippen molar-refractivity contribution in [1.29, 1.82) is 0 Å². The van der Waals surface area contributed by atoms with Gasteiger partial charge >= 0.3 is 0 Å². The van der Waals surface area contributed by atoms with E-state index in [-0.39, 0.29) is 5.91 Å². The largest absolute Gasteiger partial charge is 0.356 e. The van der Waals surface area contributed by atoms with E-state index in [2.05, 4.69) is 19.2 Å². The molecular formula is C12H23NOS2. The van der Waals surface area contributed by atoms with Crippen LogP contribution in [-0.2, 0) is 4.79 Å². The molecule has 4 heteroatoms. The number of carbonyl (C=O) groups excluding carboxylic acids is 1. The smallest absolute Gasteiger partial charge is 0.220 e. The summed E-state index contributed by atoms with van der Waals surface area (Å²) in [6.45, 7) is 5.05. The highest BCUT2D eigenvalue weighted by atomic mass is 33.1. The fraction of sp³-hybridized carbons (Fsp3) is 0.917. The zero-order chi connectivity index (χ0) is 11.8. The summed E-state index contributed by atoms with van der Waals surface area (Å²) in [5.41, 5.74) is 0. The van der Waals surface area contributed by atoms with Crippen molar-refractivity contribution in [2.75, 3.05) is 12.3 Å². The lowest BCUT2D eigenvalue weighted by atomic mass is 10.1. The summed E-state index contributed by atoms with van der Waals surface area (Å²) >= 11 is 0. The summed E-state index contributed by atoms with van der Waals surface area (Å²) < 4.78 is 0. The Morgan fingerprint density at radius 1 is 1.44 bits per heavy atom. The quantitative estimate of drug-likeness (QED) is 0.562. The van der Waals surface area contributed by atoms with Crippen molar-refractivity contribution in [3.8, 4) is 0 Å². The molecule has 16 heavy (non-hydrogen) atoms. The molecule has 0 spiro atoms.